The molecular formula is C26H25N3O2S. The number of rotatable bonds is 5. The van der Waals surface area contributed by atoms with Gasteiger partial charge in [0, 0.05) is 12.7 Å². The minimum atomic E-state index is -0.440. The standard InChI is InChI=1S/C26H25N3O2S/c1-17-11-10-16-23(18(17)2)29-25(31)21-14-8-9-15-22(21)27-26(29)32-19(3)24(30)28(4)20-12-6-5-7-13-20/h5-16,19H,1-4H3/t19-/m0/s1. The third-order valence-electron chi connectivity index (χ3n) is 5.67. The molecule has 1 atom stereocenters. The smallest absolute Gasteiger partial charge is 0.266 e. The van der Waals surface area contributed by atoms with Crippen molar-refractivity contribution in [3.8, 4) is 5.69 Å². The van der Waals surface area contributed by atoms with Gasteiger partial charge in [-0.3, -0.25) is 14.2 Å². The first-order valence-corrected chi connectivity index (χ1v) is 11.3. The van der Waals surface area contributed by atoms with Crippen molar-refractivity contribution in [1.29, 1.82) is 0 Å². The number of benzene rings is 3. The average molecular weight is 444 g/mol. The third-order valence-corrected chi connectivity index (χ3v) is 6.71. The number of amides is 1. The van der Waals surface area contributed by atoms with Gasteiger partial charge in [0.25, 0.3) is 5.56 Å². The second kappa shape index (κ2) is 9.01. The lowest BCUT2D eigenvalue weighted by Crippen LogP contribution is -2.34. The van der Waals surface area contributed by atoms with Crippen molar-refractivity contribution in [2.75, 3.05) is 11.9 Å². The van der Waals surface area contributed by atoms with Crippen molar-refractivity contribution in [3.63, 3.8) is 0 Å². The summed E-state index contributed by atoms with van der Waals surface area (Å²) in [7, 11) is 1.76. The van der Waals surface area contributed by atoms with Gasteiger partial charge in [-0.05, 0) is 62.2 Å². The number of aromatic nitrogens is 2. The molecular weight excluding hydrogens is 418 g/mol. The number of nitrogens with zero attached hydrogens (tertiary/aromatic N) is 3. The molecule has 4 rings (SSSR count). The minimum absolute atomic E-state index is 0.0591. The number of aryl methyl sites for hydroxylation is 1. The molecule has 1 aromatic heterocycles. The van der Waals surface area contributed by atoms with Crippen molar-refractivity contribution in [3.05, 3.63) is 94.3 Å². The predicted octanol–water partition coefficient (Wildman–Crippen LogP) is 5.15. The molecule has 0 saturated carbocycles. The van der Waals surface area contributed by atoms with E-state index in [1.807, 2.05) is 87.5 Å². The van der Waals surface area contributed by atoms with Crippen molar-refractivity contribution in [1.82, 2.24) is 9.55 Å². The molecule has 0 N–H and O–H groups in total. The molecule has 32 heavy (non-hydrogen) atoms. The van der Waals surface area contributed by atoms with E-state index in [0.717, 1.165) is 22.5 Å². The van der Waals surface area contributed by atoms with Gasteiger partial charge in [-0.25, -0.2) is 4.98 Å². The van der Waals surface area contributed by atoms with E-state index in [4.69, 9.17) is 4.98 Å². The summed E-state index contributed by atoms with van der Waals surface area (Å²) in [6.07, 6.45) is 0. The Morgan fingerprint density at radius 1 is 0.969 bits per heavy atom. The SMILES string of the molecule is Cc1cccc(-n2c(S[C@@H](C)C(=O)N(C)c3ccccc3)nc3ccccc3c2=O)c1C. The summed E-state index contributed by atoms with van der Waals surface area (Å²) < 4.78 is 1.64. The van der Waals surface area contributed by atoms with E-state index in [9.17, 15) is 9.59 Å². The second-order valence-electron chi connectivity index (χ2n) is 7.76. The van der Waals surface area contributed by atoms with Crippen molar-refractivity contribution in [2.45, 2.75) is 31.2 Å². The van der Waals surface area contributed by atoms with Gasteiger partial charge >= 0.3 is 0 Å². The van der Waals surface area contributed by atoms with Crippen LogP contribution in [0.1, 0.15) is 18.1 Å². The van der Waals surface area contributed by atoms with Crippen LogP contribution in [0.25, 0.3) is 16.6 Å². The zero-order chi connectivity index (χ0) is 22.8. The molecule has 0 aliphatic carbocycles. The largest absolute Gasteiger partial charge is 0.315 e. The lowest BCUT2D eigenvalue weighted by atomic mass is 10.1. The number of hydrogen-bond acceptors (Lipinski definition) is 4. The Labute approximate surface area is 191 Å². The summed E-state index contributed by atoms with van der Waals surface area (Å²) in [6.45, 7) is 5.87. The van der Waals surface area contributed by atoms with Crippen LogP contribution in [-0.2, 0) is 4.79 Å². The monoisotopic (exact) mass is 443 g/mol. The van der Waals surface area contributed by atoms with Gasteiger partial charge in [-0.15, -0.1) is 0 Å². The van der Waals surface area contributed by atoms with Crippen LogP contribution >= 0.6 is 11.8 Å². The molecule has 3 aromatic carbocycles. The molecule has 1 heterocycles. The van der Waals surface area contributed by atoms with Crippen LogP contribution in [0.5, 0.6) is 0 Å². The maximum atomic E-state index is 13.5. The molecule has 0 fully saturated rings. The van der Waals surface area contributed by atoms with E-state index in [1.165, 1.54) is 11.8 Å². The number of anilines is 1. The second-order valence-corrected chi connectivity index (χ2v) is 9.07. The van der Waals surface area contributed by atoms with E-state index >= 15 is 0 Å². The molecule has 1 amide bonds. The number of carbonyl (C=O) groups excluding carboxylic acids is 1. The first kappa shape index (κ1) is 21.8. The summed E-state index contributed by atoms with van der Waals surface area (Å²) in [5, 5.41) is 0.618. The fraction of sp³-hybridized carbons (Fsp3) is 0.192. The molecule has 4 aromatic rings. The number of fused-ring (bicyclic) bond motifs is 1. The van der Waals surface area contributed by atoms with E-state index in [-0.39, 0.29) is 11.5 Å². The van der Waals surface area contributed by atoms with Crippen LogP contribution < -0.4 is 10.5 Å². The van der Waals surface area contributed by atoms with E-state index in [2.05, 4.69) is 0 Å². The fourth-order valence-corrected chi connectivity index (χ4v) is 4.65. The van der Waals surface area contributed by atoms with Crippen LogP contribution in [0.4, 0.5) is 5.69 Å². The number of hydrogen-bond donors (Lipinski definition) is 0. The van der Waals surface area contributed by atoms with Gasteiger partial charge in [0.15, 0.2) is 5.16 Å². The van der Waals surface area contributed by atoms with Gasteiger partial charge in [-0.2, -0.15) is 0 Å². The first-order chi connectivity index (χ1) is 15.4. The normalized spacial score (nSPS) is 12.0. The zero-order valence-electron chi connectivity index (χ0n) is 18.6. The molecule has 162 valence electrons. The van der Waals surface area contributed by atoms with Gasteiger partial charge in [-0.1, -0.05) is 54.2 Å². The summed E-state index contributed by atoms with van der Waals surface area (Å²) in [6, 6.07) is 22.7. The van der Waals surface area contributed by atoms with E-state index in [0.29, 0.717) is 16.1 Å². The third kappa shape index (κ3) is 4.06. The summed E-state index contributed by atoms with van der Waals surface area (Å²) >= 11 is 1.30. The van der Waals surface area contributed by atoms with Crippen molar-refractivity contribution in [2.24, 2.45) is 0 Å². The molecule has 0 aliphatic rings. The van der Waals surface area contributed by atoms with Gasteiger partial charge in [0.1, 0.15) is 0 Å². The minimum Gasteiger partial charge on any atom is -0.315 e. The molecule has 0 spiro atoms. The van der Waals surface area contributed by atoms with Crippen LogP contribution in [-0.4, -0.2) is 27.8 Å². The Kier molecular flexibility index (Phi) is 6.15. The van der Waals surface area contributed by atoms with Gasteiger partial charge in [0.05, 0.1) is 21.8 Å². The molecule has 0 aliphatic heterocycles. The Morgan fingerprint density at radius 2 is 1.66 bits per heavy atom. The average Bonchev–Trinajstić information content (AvgIpc) is 2.81. The highest BCUT2D eigenvalue weighted by Crippen LogP contribution is 2.28. The first-order valence-electron chi connectivity index (χ1n) is 10.5. The van der Waals surface area contributed by atoms with E-state index in [1.54, 1.807) is 22.6 Å². The van der Waals surface area contributed by atoms with Crippen LogP contribution in [0.15, 0.2) is 82.7 Å². The highest BCUT2D eigenvalue weighted by Gasteiger charge is 2.24. The number of carbonyl (C=O) groups is 1. The quantitative estimate of drug-likeness (QED) is 0.316. The lowest BCUT2D eigenvalue weighted by Gasteiger charge is -2.22. The van der Waals surface area contributed by atoms with Crippen molar-refractivity contribution >= 4 is 34.3 Å². The predicted molar refractivity (Wildman–Crippen MR) is 132 cm³/mol. The fourth-order valence-electron chi connectivity index (χ4n) is 3.64. The lowest BCUT2D eigenvalue weighted by molar-refractivity contribution is -0.117. The summed E-state index contributed by atoms with van der Waals surface area (Å²) in [5.41, 5.74) is 4.19. The molecule has 0 bridgehead atoms. The molecule has 5 nitrogen and oxygen atoms in total. The topological polar surface area (TPSA) is 55.2 Å². The summed E-state index contributed by atoms with van der Waals surface area (Å²) in [4.78, 5) is 33.1. The van der Waals surface area contributed by atoms with Crippen LogP contribution in [0, 0.1) is 13.8 Å². The zero-order valence-corrected chi connectivity index (χ0v) is 19.4. The molecule has 0 radical (unpaired) electrons. The Bertz CT molecular complexity index is 1350. The summed E-state index contributed by atoms with van der Waals surface area (Å²) in [5.74, 6) is -0.0591. The Morgan fingerprint density at radius 3 is 2.41 bits per heavy atom. The Hall–Kier alpha value is -3.38. The van der Waals surface area contributed by atoms with Gasteiger partial charge < -0.3 is 4.90 Å². The number of thioether (sulfide) groups is 1. The van der Waals surface area contributed by atoms with E-state index < -0.39 is 5.25 Å². The van der Waals surface area contributed by atoms with Crippen LogP contribution in [0.2, 0.25) is 0 Å². The van der Waals surface area contributed by atoms with Gasteiger partial charge in [0.2, 0.25) is 5.91 Å². The maximum Gasteiger partial charge on any atom is 0.266 e. The molecule has 0 saturated heterocycles. The highest BCUT2D eigenvalue weighted by molar-refractivity contribution is 8.00. The van der Waals surface area contributed by atoms with Crippen LogP contribution in [0.3, 0.4) is 0 Å². The molecule has 0 unspecified atom stereocenters. The highest BCUT2D eigenvalue weighted by atomic mass is 32.2. The Balaban J connectivity index is 1.80. The number of para-hydroxylation sites is 2. The molecule has 6 heteroatoms. The maximum absolute atomic E-state index is 13.5. The van der Waals surface area contributed by atoms with Crippen molar-refractivity contribution < 1.29 is 4.79 Å².